The highest BCUT2D eigenvalue weighted by molar-refractivity contribution is 6.06. The summed E-state index contributed by atoms with van der Waals surface area (Å²) in [5, 5.41) is 11.8. The number of hydrogen-bond donors (Lipinski definition) is 2. The van der Waals surface area contributed by atoms with Crippen molar-refractivity contribution in [2.75, 3.05) is 19.0 Å². The van der Waals surface area contributed by atoms with E-state index >= 15 is 0 Å². The van der Waals surface area contributed by atoms with Crippen LogP contribution in [0.5, 0.6) is 11.5 Å². The fraction of sp³-hybridized carbons (Fsp3) is 0.280. The van der Waals surface area contributed by atoms with Gasteiger partial charge in [0.2, 0.25) is 5.91 Å². The molecule has 0 aliphatic carbocycles. The Morgan fingerprint density at radius 1 is 1.10 bits per heavy atom. The van der Waals surface area contributed by atoms with Crippen LogP contribution in [0, 0.1) is 11.8 Å². The second kappa shape index (κ2) is 12.8. The van der Waals surface area contributed by atoms with Gasteiger partial charge in [-0.05, 0) is 42.3 Å². The van der Waals surface area contributed by atoms with Crippen molar-refractivity contribution >= 4 is 23.6 Å². The van der Waals surface area contributed by atoms with E-state index < -0.39 is 11.9 Å². The van der Waals surface area contributed by atoms with Gasteiger partial charge in [-0.25, -0.2) is 4.79 Å². The lowest BCUT2D eigenvalue weighted by Crippen LogP contribution is -2.11. The number of benzene rings is 2. The zero-order valence-corrected chi connectivity index (χ0v) is 17.8. The Hall–Kier alpha value is -3.72. The number of ether oxygens (including phenoxy) is 2. The number of anilines is 1. The molecule has 0 fully saturated rings. The number of rotatable bonds is 10. The van der Waals surface area contributed by atoms with Gasteiger partial charge in [-0.15, -0.1) is 5.92 Å². The number of methoxy groups -OCH3 is 1. The van der Waals surface area contributed by atoms with Crippen molar-refractivity contribution < 1.29 is 24.2 Å². The highest BCUT2D eigenvalue weighted by atomic mass is 16.5. The maximum Gasteiger partial charge on any atom is 0.337 e. The molecular weight excluding hydrogens is 394 g/mol. The number of unbranched alkanes of at least 4 members (excludes halogenated alkanes) is 2. The lowest BCUT2D eigenvalue weighted by Gasteiger charge is -2.10. The first-order chi connectivity index (χ1) is 15.0. The molecular formula is C25H27NO5. The molecule has 162 valence electrons. The van der Waals surface area contributed by atoms with Gasteiger partial charge in [0.15, 0.2) is 11.5 Å². The molecule has 1 amide bonds. The number of carboxylic acid groups (broad SMARTS) is 1. The number of nitrogens with one attached hydrogen (secondary N) is 1. The number of carboxylic acids is 1. The summed E-state index contributed by atoms with van der Waals surface area (Å²) < 4.78 is 11.1. The predicted molar refractivity (Wildman–Crippen MR) is 121 cm³/mol. The molecule has 2 aromatic carbocycles. The Kier molecular flexibility index (Phi) is 9.70. The first kappa shape index (κ1) is 23.6. The number of carbonyl (C=O) groups is 2. The van der Waals surface area contributed by atoms with E-state index in [1.54, 1.807) is 49.6 Å². The smallest absolute Gasteiger partial charge is 0.337 e. The van der Waals surface area contributed by atoms with Crippen LogP contribution in [0.2, 0.25) is 0 Å². The summed E-state index contributed by atoms with van der Waals surface area (Å²) in [4.78, 5) is 23.5. The van der Waals surface area contributed by atoms with E-state index in [-0.39, 0.29) is 11.3 Å². The highest BCUT2D eigenvalue weighted by Gasteiger charge is 2.10. The Morgan fingerprint density at radius 3 is 2.61 bits per heavy atom. The summed E-state index contributed by atoms with van der Waals surface area (Å²) in [7, 11) is 1.57. The van der Waals surface area contributed by atoms with Gasteiger partial charge >= 0.3 is 5.97 Å². The topological polar surface area (TPSA) is 84.9 Å². The minimum absolute atomic E-state index is 0.0298. The van der Waals surface area contributed by atoms with Gasteiger partial charge in [-0.3, -0.25) is 4.79 Å². The molecule has 6 nitrogen and oxygen atoms in total. The zero-order valence-electron chi connectivity index (χ0n) is 17.8. The summed E-state index contributed by atoms with van der Waals surface area (Å²) in [6.07, 6.45) is 6.72. The molecule has 0 saturated carbocycles. The van der Waals surface area contributed by atoms with Crippen molar-refractivity contribution in [3.8, 4) is 23.3 Å². The van der Waals surface area contributed by atoms with Gasteiger partial charge in [-0.1, -0.05) is 37.5 Å². The van der Waals surface area contributed by atoms with Crippen molar-refractivity contribution in [3.63, 3.8) is 0 Å². The van der Waals surface area contributed by atoms with Crippen molar-refractivity contribution in [3.05, 3.63) is 59.7 Å². The number of carbonyl (C=O) groups excluding carboxylic acids is 1. The molecule has 0 heterocycles. The van der Waals surface area contributed by atoms with Crippen LogP contribution in [0.15, 0.2) is 48.5 Å². The van der Waals surface area contributed by atoms with Crippen molar-refractivity contribution in [1.29, 1.82) is 0 Å². The maximum atomic E-state index is 12.2. The monoisotopic (exact) mass is 421 g/mol. The normalized spacial score (nSPS) is 10.3. The molecule has 0 bridgehead atoms. The lowest BCUT2D eigenvalue weighted by atomic mass is 10.1. The van der Waals surface area contributed by atoms with E-state index in [9.17, 15) is 14.7 Å². The highest BCUT2D eigenvalue weighted by Crippen LogP contribution is 2.28. The second-order valence-corrected chi connectivity index (χ2v) is 6.64. The third kappa shape index (κ3) is 7.90. The predicted octanol–water partition coefficient (Wildman–Crippen LogP) is 5.01. The summed E-state index contributed by atoms with van der Waals surface area (Å²) in [6.45, 7) is 2.58. The van der Waals surface area contributed by atoms with Crippen LogP contribution in [0.4, 0.5) is 5.69 Å². The molecule has 2 aromatic rings. The van der Waals surface area contributed by atoms with Crippen LogP contribution >= 0.6 is 0 Å². The largest absolute Gasteiger partial charge is 0.493 e. The molecule has 0 saturated heterocycles. The van der Waals surface area contributed by atoms with Crippen LogP contribution < -0.4 is 14.8 Å². The first-order valence-corrected chi connectivity index (χ1v) is 10.1. The third-order valence-corrected chi connectivity index (χ3v) is 4.30. The van der Waals surface area contributed by atoms with Crippen LogP contribution in [0.25, 0.3) is 6.08 Å². The van der Waals surface area contributed by atoms with E-state index in [4.69, 9.17) is 9.47 Å². The summed E-state index contributed by atoms with van der Waals surface area (Å²) in [5.41, 5.74) is 1.01. The molecule has 2 N–H and O–H groups in total. The summed E-state index contributed by atoms with van der Waals surface area (Å²) in [6, 6.07) is 11.6. The van der Waals surface area contributed by atoms with E-state index in [1.165, 1.54) is 12.1 Å². The van der Waals surface area contributed by atoms with Gasteiger partial charge in [0.1, 0.15) is 0 Å². The number of hydrogen-bond acceptors (Lipinski definition) is 4. The van der Waals surface area contributed by atoms with E-state index in [0.29, 0.717) is 24.5 Å². The van der Waals surface area contributed by atoms with Gasteiger partial charge in [0.25, 0.3) is 0 Å². The van der Waals surface area contributed by atoms with Crippen LogP contribution in [0.3, 0.4) is 0 Å². The van der Waals surface area contributed by atoms with Crippen molar-refractivity contribution in [1.82, 2.24) is 0 Å². The van der Waals surface area contributed by atoms with Crippen molar-refractivity contribution in [2.24, 2.45) is 0 Å². The van der Waals surface area contributed by atoms with Gasteiger partial charge in [0.05, 0.1) is 25.0 Å². The van der Waals surface area contributed by atoms with Gasteiger partial charge < -0.3 is 19.9 Å². The van der Waals surface area contributed by atoms with Crippen LogP contribution in [-0.2, 0) is 4.79 Å². The second-order valence-electron chi connectivity index (χ2n) is 6.64. The van der Waals surface area contributed by atoms with Gasteiger partial charge in [-0.2, -0.15) is 0 Å². The number of para-hydroxylation sites is 1. The lowest BCUT2D eigenvalue weighted by molar-refractivity contribution is -0.111. The minimum atomic E-state index is -1.10. The van der Waals surface area contributed by atoms with Gasteiger partial charge in [0, 0.05) is 18.9 Å². The zero-order chi connectivity index (χ0) is 22.5. The van der Waals surface area contributed by atoms with Crippen molar-refractivity contribution in [2.45, 2.75) is 32.6 Å². The summed E-state index contributed by atoms with van der Waals surface area (Å²) >= 11 is 0. The number of amides is 1. The van der Waals surface area contributed by atoms with E-state index in [2.05, 4.69) is 24.1 Å². The molecule has 6 heteroatoms. The van der Waals surface area contributed by atoms with E-state index in [1.807, 2.05) is 0 Å². The summed E-state index contributed by atoms with van der Waals surface area (Å²) in [5.74, 6) is 5.84. The molecule has 0 aliphatic rings. The average Bonchev–Trinajstić information content (AvgIpc) is 2.77. The first-order valence-electron chi connectivity index (χ1n) is 10.1. The Labute approximate surface area is 182 Å². The van der Waals surface area contributed by atoms with E-state index in [0.717, 1.165) is 24.8 Å². The maximum absolute atomic E-state index is 12.2. The molecule has 0 aliphatic heterocycles. The fourth-order valence-corrected chi connectivity index (χ4v) is 2.69. The van der Waals surface area contributed by atoms with Crippen LogP contribution in [-0.4, -0.2) is 30.7 Å². The molecule has 0 aromatic heterocycles. The third-order valence-electron chi connectivity index (χ3n) is 4.30. The molecule has 0 radical (unpaired) electrons. The standard InChI is InChI=1S/C25H27NO5/c1-3-4-5-6-7-10-17-31-23-18-19(13-15-22(23)30-2)14-16-24(27)26-21-12-9-8-11-20(21)25(28)29/h8-9,11-16,18H,3-5,10,17H2,1-2H3,(H,26,27)(H,28,29)/b16-14+. The molecule has 31 heavy (non-hydrogen) atoms. The Morgan fingerprint density at radius 2 is 1.87 bits per heavy atom. The average molecular weight is 421 g/mol. The molecule has 2 rings (SSSR count). The molecule has 0 spiro atoms. The molecule has 0 unspecified atom stereocenters. The quantitative estimate of drug-likeness (QED) is 0.320. The Balaban J connectivity index is 2.00. The fourth-order valence-electron chi connectivity index (χ4n) is 2.69. The number of aromatic carboxylic acids is 1. The van der Waals surface area contributed by atoms with Crippen LogP contribution in [0.1, 0.15) is 48.5 Å². The minimum Gasteiger partial charge on any atom is -0.493 e. The SMILES string of the molecule is CCCCC#CCCOc1cc(/C=C/C(=O)Nc2ccccc2C(=O)O)ccc1OC. The molecule has 0 atom stereocenters. The Bertz CT molecular complexity index is 985.